The largest absolute Gasteiger partial charge is 0.516 e. The maximum absolute atomic E-state index is 8.27. The third-order valence-corrected chi connectivity index (χ3v) is 0.886. The van der Waals surface area contributed by atoms with Crippen molar-refractivity contribution in [1.82, 2.24) is 0 Å². The van der Waals surface area contributed by atoms with Crippen LogP contribution in [0.25, 0.3) is 0 Å². The van der Waals surface area contributed by atoms with Crippen LogP contribution in [0, 0.1) is 18.3 Å². The second kappa shape index (κ2) is 4.99. The van der Waals surface area contributed by atoms with E-state index in [1.54, 1.807) is 12.2 Å². The maximum atomic E-state index is 8.27. The molecule has 0 rings (SSSR count). The summed E-state index contributed by atoms with van der Waals surface area (Å²) in [5.74, 6) is 2.57. The zero-order valence-electron chi connectivity index (χ0n) is 5.41. The van der Waals surface area contributed by atoms with Gasteiger partial charge in [-0.05, 0) is 18.1 Å². The Bertz CT molecular complexity index is 148. The van der Waals surface area contributed by atoms with Crippen molar-refractivity contribution in [2.75, 3.05) is 0 Å². The van der Waals surface area contributed by atoms with Crippen molar-refractivity contribution in [3.63, 3.8) is 0 Å². The summed E-state index contributed by atoms with van der Waals surface area (Å²) >= 11 is 0. The van der Waals surface area contributed by atoms with Crippen LogP contribution in [0.15, 0.2) is 24.5 Å². The van der Waals surface area contributed by atoms with Gasteiger partial charge >= 0.3 is 0 Å². The quantitative estimate of drug-likeness (QED) is 0.438. The van der Waals surface area contributed by atoms with Gasteiger partial charge in [0.2, 0.25) is 0 Å². The van der Waals surface area contributed by atoms with Crippen LogP contribution in [0.2, 0.25) is 0 Å². The Labute approximate surface area is 55.7 Å². The van der Waals surface area contributed by atoms with Crippen LogP contribution in [-0.2, 0) is 0 Å². The summed E-state index contributed by atoms with van der Waals surface area (Å²) in [7, 11) is 0. The average Bonchev–Trinajstić information content (AvgIpc) is 1.85. The van der Waals surface area contributed by atoms with Crippen LogP contribution in [0.1, 0.15) is 6.92 Å². The molecular formula is C8H10O. The number of aliphatic hydroxyl groups excluding tert-OH is 1. The highest BCUT2D eigenvalue weighted by Crippen LogP contribution is 1.96. The first kappa shape index (κ1) is 7.84. The van der Waals surface area contributed by atoms with E-state index >= 15 is 0 Å². The first-order valence-electron chi connectivity index (χ1n) is 2.75. The van der Waals surface area contributed by atoms with Gasteiger partial charge in [0.25, 0.3) is 0 Å². The van der Waals surface area contributed by atoms with Crippen LogP contribution >= 0.6 is 0 Å². The Kier molecular flexibility index (Phi) is 4.34. The number of terminal acetylenes is 1. The Morgan fingerprint density at radius 2 is 2.22 bits per heavy atom. The third-order valence-electron chi connectivity index (χ3n) is 0.886. The molecule has 1 heteroatoms. The van der Waals surface area contributed by atoms with Crippen molar-refractivity contribution >= 4 is 0 Å². The molecule has 0 heterocycles. The lowest BCUT2D eigenvalue weighted by Gasteiger charge is -1.91. The van der Waals surface area contributed by atoms with Crippen LogP contribution in [0.4, 0.5) is 0 Å². The van der Waals surface area contributed by atoms with E-state index in [9.17, 15) is 0 Å². The molecule has 0 aliphatic heterocycles. The van der Waals surface area contributed by atoms with Gasteiger partial charge in [0.05, 0.1) is 6.26 Å². The highest BCUT2D eigenvalue weighted by atomic mass is 16.2. The molecule has 1 N–H and O–H groups in total. The molecular weight excluding hydrogens is 112 g/mol. The monoisotopic (exact) mass is 122 g/mol. The Morgan fingerprint density at radius 1 is 1.56 bits per heavy atom. The third kappa shape index (κ3) is 4.70. The van der Waals surface area contributed by atoms with Crippen LogP contribution in [0.3, 0.4) is 0 Å². The van der Waals surface area contributed by atoms with E-state index in [4.69, 9.17) is 11.5 Å². The Morgan fingerprint density at radius 3 is 2.67 bits per heavy atom. The fraction of sp³-hybridized carbons (Fsp3) is 0.250. The lowest BCUT2D eigenvalue weighted by molar-refractivity contribution is 0.468. The van der Waals surface area contributed by atoms with Gasteiger partial charge in [-0.25, -0.2) is 0 Å². The normalized spacial score (nSPS) is 14.2. The lowest BCUT2D eigenvalue weighted by atomic mass is 10.2. The molecule has 0 saturated heterocycles. The first-order chi connectivity index (χ1) is 4.31. The minimum Gasteiger partial charge on any atom is -0.516 e. The van der Waals surface area contributed by atoms with Gasteiger partial charge in [-0.15, -0.1) is 6.42 Å². The Balaban J connectivity index is 3.65. The zero-order valence-corrected chi connectivity index (χ0v) is 5.41. The maximum Gasteiger partial charge on any atom is 0.0757 e. The molecule has 0 saturated carbocycles. The molecule has 0 amide bonds. The molecule has 0 aromatic carbocycles. The molecule has 1 atom stereocenters. The fourth-order valence-corrected chi connectivity index (χ4v) is 0.407. The van der Waals surface area contributed by atoms with Crippen LogP contribution in [0.5, 0.6) is 0 Å². The molecule has 0 fully saturated rings. The summed E-state index contributed by atoms with van der Waals surface area (Å²) in [6, 6.07) is 0. The van der Waals surface area contributed by atoms with E-state index in [0.29, 0.717) is 0 Å². The summed E-state index contributed by atoms with van der Waals surface area (Å²) in [6.07, 6.45) is 11.1. The van der Waals surface area contributed by atoms with E-state index in [-0.39, 0.29) is 5.92 Å². The number of hydrogen-bond acceptors (Lipinski definition) is 1. The lowest BCUT2D eigenvalue weighted by Crippen LogP contribution is -1.79. The summed E-state index contributed by atoms with van der Waals surface area (Å²) < 4.78 is 0. The standard InChI is InChI=1S/C8H10O/c1-3-4-5-8(2)6-7-9/h1,4-9H,2H3/b5-4+,7-6+. The average molecular weight is 122 g/mol. The first-order valence-corrected chi connectivity index (χ1v) is 2.75. The van der Waals surface area contributed by atoms with Gasteiger partial charge in [-0.3, -0.25) is 0 Å². The highest BCUT2D eigenvalue weighted by Gasteiger charge is 1.84. The van der Waals surface area contributed by atoms with Gasteiger partial charge in [0, 0.05) is 0 Å². The predicted molar refractivity (Wildman–Crippen MR) is 38.9 cm³/mol. The van der Waals surface area contributed by atoms with Gasteiger partial charge in [-0.2, -0.15) is 0 Å². The van der Waals surface area contributed by atoms with Gasteiger partial charge in [-0.1, -0.05) is 18.9 Å². The van der Waals surface area contributed by atoms with Crippen molar-refractivity contribution in [2.24, 2.45) is 5.92 Å². The number of hydrogen-bond donors (Lipinski definition) is 1. The van der Waals surface area contributed by atoms with Crippen molar-refractivity contribution in [3.05, 3.63) is 24.5 Å². The minimum absolute atomic E-state index is 0.214. The van der Waals surface area contributed by atoms with Gasteiger partial charge in [0.15, 0.2) is 0 Å². The zero-order chi connectivity index (χ0) is 7.11. The summed E-state index contributed by atoms with van der Waals surface area (Å²) in [5, 5.41) is 8.27. The van der Waals surface area contributed by atoms with Crippen molar-refractivity contribution in [3.8, 4) is 12.3 Å². The second-order valence-electron chi connectivity index (χ2n) is 1.73. The predicted octanol–water partition coefficient (Wildman–Crippen LogP) is 1.88. The van der Waals surface area contributed by atoms with Gasteiger partial charge < -0.3 is 5.11 Å². The topological polar surface area (TPSA) is 20.2 Å². The molecule has 48 valence electrons. The molecule has 0 aromatic rings. The van der Waals surface area contributed by atoms with Gasteiger partial charge in [0.1, 0.15) is 0 Å². The van der Waals surface area contributed by atoms with E-state index in [2.05, 4.69) is 5.92 Å². The smallest absolute Gasteiger partial charge is 0.0757 e. The molecule has 0 aliphatic carbocycles. The number of rotatable bonds is 2. The molecule has 0 spiro atoms. The van der Waals surface area contributed by atoms with Crippen molar-refractivity contribution < 1.29 is 5.11 Å². The van der Waals surface area contributed by atoms with Crippen molar-refractivity contribution in [2.45, 2.75) is 6.92 Å². The van der Waals surface area contributed by atoms with E-state index < -0.39 is 0 Å². The molecule has 0 aromatic heterocycles. The van der Waals surface area contributed by atoms with E-state index in [1.165, 1.54) is 0 Å². The van der Waals surface area contributed by atoms with Crippen molar-refractivity contribution in [1.29, 1.82) is 0 Å². The van der Waals surface area contributed by atoms with Crippen LogP contribution < -0.4 is 0 Å². The summed E-state index contributed by atoms with van der Waals surface area (Å²) in [6.45, 7) is 1.93. The Hall–Kier alpha value is -1.16. The molecule has 0 bridgehead atoms. The molecule has 1 unspecified atom stereocenters. The molecule has 9 heavy (non-hydrogen) atoms. The molecule has 1 nitrogen and oxygen atoms in total. The highest BCUT2D eigenvalue weighted by molar-refractivity contribution is 5.11. The summed E-state index contributed by atoms with van der Waals surface area (Å²) in [5.41, 5.74) is 0. The second-order valence-corrected chi connectivity index (χ2v) is 1.73. The minimum atomic E-state index is 0.214. The number of aliphatic hydroxyl groups is 1. The SMILES string of the molecule is C#C/C=C/C(C)/C=C/O. The van der Waals surface area contributed by atoms with E-state index in [0.717, 1.165) is 6.26 Å². The number of allylic oxidation sites excluding steroid dienone is 3. The summed E-state index contributed by atoms with van der Waals surface area (Å²) in [4.78, 5) is 0. The fourth-order valence-electron chi connectivity index (χ4n) is 0.407. The van der Waals surface area contributed by atoms with E-state index in [1.807, 2.05) is 13.0 Å². The van der Waals surface area contributed by atoms with Crippen LogP contribution in [-0.4, -0.2) is 5.11 Å². The molecule has 0 radical (unpaired) electrons. The molecule has 0 aliphatic rings.